The van der Waals surface area contributed by atoms with Gasteiger partial charge in [-0.25, -0.2) is 0 Å². The van der Waals surface area contributed by atoms with Crippen LogP contribution in [0.5, 0.6) is 0 Å². The van der Waals surface area contributed by atoms with E-state index in [4.69, 9.17) is 5.73 Å². The van der Waals surface area contributed by atoms with Gasteiger partial charge in [0.05, 0.1) is 0 Å². The summed E-state index contributed by atoms with van der Waals surface area (Å²) in [6.07, 6.45) is 2.56. The summed E-state index contributed by atoms with van der Waals surface area (Å²) in [7, 11) is -3.30. The Morgan fingerprint density at radius 2 is 2.15 bits per heavy atom. The summed E-state index contributed by atoms with van der Waals surface area (Å²) < 4.78 is 27.7. The SMILES string of the molecule is CC(CCN)NS(=O)(=O)NC1CC1. The van der Waals surface area contributed by atoms with Crippen LogP contribution in [0.25, 0.3) is 0 Å². The molecule has 1 aliphatic carbocycles. The first-order valence-electron chi connectivity index (χ1n) is 4.53. The Morgan fingerprint density at radius 1 is 1.54 bits per heavy atom. The van der Waals surface area contributed by atoms with Crippen molar-refractivity contribution in [3.63, 3.8) is 0 Å². The molecule has 0 amide bonds. The summed E-state index contributed by atoms with van der Waals surface area (Å²) in [5.41, 5.74) is 5.31. The minimum absolute atomic E-state index is 0.0961. The zero-order valence-corrected chi connectivity index (χ0v) is 8.60. The molecule has 6 heteroatoms. The molecular weight excluding hydrogens is 190 g/mol. The van der Waals surface area contributed by atoms with Crippen LogP contribution in [-0.4, -0.2) is 27.0 Å². The van der Waals surface area contributed by atoms with Crippen molar-refractivity contribution >= 4 is 10.2 Å². The molecule has 5 nitrogen and oxygen atoms in total. The van der Waals surface area contributed by atoms with Crippen molar-refractivity contribution in [3.05, 3.63) is 0 Å². The van der Waals surface area contributed by atoms with Crippen LogP contribution in [-0.2, 0) is 10.2 Å². The van der Waals surface area contributed by atoms with Crippen LogP contribution in [0.2, 0.25) is 0 Å². The molecule has 1 unspecified atom stereocenters. The summed E-state index contributed by atoms with van der Waals surface area (Å²) in [5, 5.41) is 0. The second-order valence-corrected chi connectivity index (χ2v) is 4.97. The first kappa shape index (κ1) is 10.9. The Hall–Kier alpha value is -0.170. The molecule has 78 valence electrons. The van der Waals surface area contributed by atoms with Crippen molar-refractivity contribution in [2.24, 2.45) is 5.73 Å². The second-order valence-electron chi connectivity index (χ2n) is 3.49. The lowest BCUT2D eigenvalue weighted by atomic mass is 10.3. The Kier molecular flexibility index (Phi) is 3.66. The van der Waals surface area contributed by atoms with Gasteiger partial charge in [-0.2, -0.15) is 17.9 Å². The fourth-order valence-electron chi connectivity index (χ4n) is 1.03. The number of hydrogen-bond donors (Lipinski definition) is 3. The Balaban J connectivity index is 2.31. The van der Waals surface area contributed by atoms with E-state index in [9.17, 15) is 8.42 Å². The molecule has 13 heavy (non-hydrogen) atoms. The van der Waals surface area contributed by atoms with Crippen LogP contribution < -0.4 is 15.2 Å². The van der Waals surface area contributed by atoms with Gasteiger partial charge in [-0.3, -0.25) is 0 Å². The zero-order chi connectivity index (χ0) is 9.90. The fourth-order valence-corrected chi connectivity index (χ4v) is 2.42. The van der Waals surface area contributed by atoms with Crippen molar-refractivity contribution in [3.8, 4) is 0 Å². The number of rotatable bonds is 6. The van der Waals surface area contributed by atoms with E-state index >= 15 is 0 Å². The molecule has 0 aromatic heterocycles. The highest BCUT2D eigenvalue weighted by molar-refractivity contribution is 7.87. The van der Waals surface area contributed by atoms with Crippen LogP contribution >= 0.6 is 0 Å². The third-order valence-electron chi connectivity index (χ3n) is 1.86. The topological polar surface area (TPSA) is 84.2 Å². The summed E-state index contributed by atoms with van der Waals surface area (Å²) in [4.78, 5) is 0. The average Bonchev–Trinajstić information content (AvgIpc) is 2.69. The van der Waals surface area contributed by atoms with E-state index in [1.54, 1.807) is 6.92 Å². The second kappa shape index (κ2) is 4.36. The van der Waals surface area contributed by atoms with Crippen molar-refractivity contribution in [2.45, 2.75) is 38.3 Å². The van der Waals surface area contributed by atoms with E-state index in [-0.39, 0.29) is 12.1 Å². The highest BCUT2D eigenvalue weighted by Crippen LogP contribution is 2.19. The summed E-state index contributed by atoms with van der Waals surface area (Å²) in [6.45, 7) is 2.30. The van der Waals surface area contributed by atoms with Gasteiger partial charge in [-0.05, 0) is 32.7 Å². The molecule has 1 atom stereocenters. The maximum atomic E-state index is 11.3. The first-order chi connectivity index (χ1) is 6.03. The smallest absolute Gasteiger partial charge is 0.277 e. The lowest BCUT2D eigenvalue weighted by Crippen LogP contribution is -2.43. The predicted molar refractivity (Wildman–Crippen MR) is 51.3 cm³/mol. The molecule has 0 spiro atoms. The molecule has 0 saturated heterocycles. The minimum Gasteiger partial charge on any atom is -0.330 e. The van der Waals surface area contributed by atoms with E-state index in [0.717, 1.165) is 12.8 Å². The van der Waals surface area contributed by atoms with Gasteiger partial charge < -0.3 is 5.73 Å². The molecule has 1 saturated carbocycles. The van der Waals surface area contributed by atoms with Crippen molar-refractivity contribution in [2.75, 3.05) is 6.54 Å². The molecule has 0 radical (unpaired) electrons. The van der Waals surface area contributed by atoms with Crippen LogP contribution in [0.15, 0.2) is 0 Å². The van der Waals surface area contributed by atoms with Gasteiger partial charge in [-0.15, -0.1) is 0 Å². The van der Waals surface area contributed by atoms with Gasteiger partial charge in [0.1, 0.15) is 0 Å². The van der Waals surface area contributed by atoms with Crippen LogP contribution in [0, 0.1) is 0 Å². The van der Waals surface area contributed by atoms with E-state index in [2.05, 4.69) is 9.44 Å². The van der Waals surface area contributed by atoms with Gasteiger partial charge in [0.25, 0.3) is 10.2 Å². The van der Waals surface area contributed by atoms with Crippen LogP contribution in [0.4, 0.5) is 0 Å². The van der Waals surface area contributed by atoms with Crippen molar-refractivity contribution < 1.29 is 8.42 Å². The van der Waals surface area contributed by atoms with Crippen molar-refractivity contribution in [1.29, 1.82) is 0 Å². The van der Waals surface area contributed by atoms with Gasteiger partial charge >= 0.3 is 0 Å². The molecule has 1 fully saturated rings. The molecule has 0 heterocycles. The third kappa shape index (κ3) is 4.56. The van der Waals surface area contributed by atoms with Gasteiger partial charge in [0, 0.05) is 12.1 Å². The summed E-state index contributed by atoms with van der Waals surface area (Å²) in [5.74, 6) is 0. The Morgan fingerprint density at radius 3 is 2.62 bits per heavy atom. The summed E-state index contributed by atoms with van der Waals surface area (Å²) in [6, 6.07) is 0.0591. The third-order valence-corrected chi connectivity index (χ3v) is 3.21. The lowest BCUT2D eigenvalue weighted by Gasteiger charge is -2.13. The molecular formula is C7H17N3O2S. The maximum Gasteiger partial charge on any atom is 0.277 e. The van der Waals surface area contributed by atoms with E-state index < -0.39 is 10.2 Å². The highest BCUT2D eigenvalue weighted by Gasteiger charge is 2.27. The molecule has 0 bridgehead atoms. The molecule has 0 aliphatic heterocycles. The highest BCUT2D eigenvalue weighted by atomic mass is 32.2. The zero-order valence-electron chi connectivity index (χ0n) is 7.79. The van der Waals surface area contributed by atoms with Gasteiger partial charge in [0.2, 0.25) is 0 Å². The van der Waals surface area contributed by atoms with Crippen LogP contribution in [0.3, 0.4) is 0 Å². The van der Waals surface area contributed by atoms with Gasteiger partial charge in [0.15, 0.2) is 0 Å². The molecule has 4 N–H and O–H groups in total. The monoisotopic (exact) mass is 207 g/mol. The standard InChI is InChI=1S/C7H17N3O2S/c1-6(4-5-8)9-13(11,12)10-7-2-3-7/h6-7,9-10H,2-5,8H2,1H3. The molecule has 1 rings (SSSR count). The number of nitrogens with two attached hydrogens (primary N) is 1. The van der Waals surface area contributed by atoms with Gasteiger partial charge in [-0.1, -0.05) is 0 Å². The fraction of sp³-hybridized carbons (Fsp3) is 1.00. The Labute approximate surface area is 79.3 Å². The largest absolute Gasteiger partial charge is 0.330 e. The summed E-state index contributed by atoms with van der Waals surface area (Å²) >= 11 is 0. The predicted octanol–water partition coefficient (Wildman–Crippen LogP) is -0.690. The minimum atomic E-state index is -3.30. The van der Waals surface area contributed by atoms with Crippen molar-refractivity contribution in [1.82, 2.24) is 9.44 Å². The van der Waals surface area contributed by atoms with E-state index in [1.165, 1.54) is 0 Å². The molecule has 0 aromatic carbocycles. The average molecular weight is 207 g/mol. The van der Waals surface area contributed by atoms with Crippen LogP contribution in [0.1, 0.15) is 26.2 Å². The number of hydrogen-bond acceptors (Lipinski definition) is 3. The first-order valence-corrected chi connectivity index (χ1v) is 6.01. The molecule has 0 aromatic rings. The maximum absolute atomic E-state index is 11.3. The quantitative estimate of drug-likeness (QED) is 0.539. The lowest BCUT2D eigenvalue weighted by molar-refractivity contribution is 0.536. The van der Waals surface area contributed by atoms with E-state index in [0.29, 0.717) is 13.0 Å². The Bertz CT molecular complexity index is 248. The number of nitrogens with one attached hydrogen (secondary N) is 2. The molecule has 1 aliphatic rings. The normalized spacial score (nSPS) is 20.2. The van der Waals surface area contributed by atoms with E-state index in [1.807, 2.05) is 0 Å².